The third-order valence-electron chi connectivity index (χ3n) is 4.19. The molecule has 0 unspecified atom stereocenters. The summed E-state index contributed by atoms with van der Waals surface area (Å²) in [7, 11) is 1.56. The Labute approximate surface area is 164 Å². The Kier molecular flexibility index (Phi) is 5.14. The Morgan fingerprint density at radius 2 is 2.14 bits per heavy atom. The summed E-state index contributed by atoms with van der Waals surface area (Å²) in [6.45, 7) is 0.718. The van der Waals surface area contributed by atoms with Crippen molar-refractivity contribution in [3.8, 4) is 21.8 Å². The van der Waals surface area contributed by atoms with Crippen molar-refractivity contribution in [1.29, 1.82) is 0 Å². The van der Waals surface area contributed by atoms with E-state index >= 15 is 0 Å². The third-order valence-corrected chi connectivity index (χ3v) is 5.08. The minimum Gasteiger partial charge on any atom is -0.383 e. The van der Waals surface area contributed by atoms with Gasteiger partial charge in [-0.05, 0) is 29.6 Å². The molecule has 0 atom stereocenters. The summed E-state index contributed by atoms with van der Waals surface area (Å²) in [6.07, 6.45) is 0. The third kappa shape index (κ3) is 3.39. The van der Waals surface area contributed by atoms with E-state index in [0.29, 0.717) is 29.8 Å². The smallest absolute Gasteiger partial charge is 0.259 e. The van der Waals surface area contributed by atoms with Gasteiger partial charge in [-0.1, -0.05) is 23.4 Å². The van der Waals surface area contributed by atoms with E-state index in [1.807, 2.05) is 17.5 Å². The predicted molar refractivity (Wildman–Crippen MR) is 105 cm³/mol. The zero-order valence-electron chi connectivity index (χ0n) is 14.9. The molecule has 0 aliphatic heterocycles. The van der Waals surface area contributed by atoms with Gasteiger partial charge in [0.1, 0.15) is 11.5 Å². The summed E-state index contributed by atoms with van der Waals surface area (Å²) in [4.78, 5) is 18.2. The number of benzene rings is 1. The van der Waals surface area contributed by atoms with Crippen LogP contribution in [0.4, 0.5) is 4.39 Å². The van der Waals surface area contributed by atoms with Crippen LogP contribution >= 0.6 is 11.3 Å². The summed E-state index contributed by atoms with van der Waals surface area (Å²) in [5.74, 6) is -0.784. The van der Waals surface area contributed by atoms with Crippen molar-refractivity contribution in [2.24, 2.45) is 0 Å². The molecule has 0 bridgehead atoms. The number of methoxy groups -OCH3 is 1. The Morgan fingerprint density at radius 1 is 1.29 bits per heavy atom. The first kappa shape index (κ1) is 18.3. The van der Waals surface area contributed by atoms with Gasteiger partial charge in [0.2, 0.25) is 0 Å². The molecule has 1 aromatic carbocycles. The summed E-state index contributed by atoms with van der Waals surface area (Å²) in [5, 5.41) is 9.10. The molecular formula is C20H16FN3O3S. The van der Waals surface area contributed by atoms with Gasteiger partial charge in [-0.15, -0.1) is 11.3 Å². The Balaban J connectivity index is 1.90. The second kappa shape index (κ2) is 7.87. The van der Waals surface area contributed by atoms with Crippen LogP contribution in [0.25, 0.3) is 32.9 Å². The van der Waals surface area contributed by atoms with Gasteiger partial charge < -0.3 is 14.6 Å². The van der Waals surface area contributed by atoms with Crippen LogP contribution in [-0.2, 0) is 4.74 Å². The van der Waals surface area contributed by atoms with Gasteiger partial charge in [0.05, 0.1) is 28.1 Å². The number of nitrogens with one attached hydrogen (secondary N) is 1. The predicted octanol–water partition coefficient (Wildman–Crippen LogP) is 4.13. The quantitative estimate of drug-likeness (QED) is 0.495. The molecule has 0 radical (unpaired) electrons. The number of pyridine rings is 1. The lowest BCUT2D eigenvalue weighted by atomic mass is 10.0. The molecule has 142 valence electrons. The highest BCUT2D eigenvalue weighted by atomic mass is 32.1. The van der Waals surface area contributed by atoms with Gasteiger partial charge in [-0.3, -0.25) is 4.79 Å². The van der Waals surface area contributed by atoms with Crippen LogP contribution in [0.5, 0.6) is 0 Å². The second-order valence-corrected chi connectivity index (χ2v) is 6.92. The lowest BCUT2D eigenvalue weighted by Gasteiger charge is -2.08. The van der Waals surface area contributed by atoms with E-state index in [1.165, 1.54) is 17.4 Å². The highest BCUT2D eigenvalue weighted by Crippen LogP contribution is 2.34. The van der Waals surface area contributed by atoms with E-state index in [4.69, 9.17) is 9.26 Å². The first-order chi connectivity index (χ1) is 13.7. The van der Waals surface area contributed by atoms with Gasteiger partial charge >= 0.3 is 0 Å². The van der Waals surface area contributed by atoms with Crippen molar-refractivity contribution in [3.05, 3.63) is 59.2 Å². The number of amides is 1. The number of fused-ring (bicyclic) bond motifs is 1. The zero-order valence-corrected chi connectivity index (χ0v) is 15.8. The van der Waals surface area contributed by atoms with Crippen LogP contribution < -0.4 is 5.32 Å². The summed E-state index contributed by atoms with van der Waals surface area (Å²) < 4.78 is 24.7. The van der Waals surface area contributed by atoms with Crippen molar-refractivity contribution in [2.75, 3.05) is 20.3 Å². The molecule has 3 aromatic heterocycles. The van der Waals surface area contributed by atoms with Crippen LogP contribution in [0.3, 0.4) is 0 Å². The standard InChI is InChI=1S/C20H16FN3O3S/c1-26-9-8-22-19(25)13-11-15(16-7-4-10-28-16)23-20-17(13)18(24-27-20)12-5-2-3-6-14(12)21/h2-7,10-11H,8-9H2,1H3,(H,22,25). The number of aromatic nitrogens is 2. The van der Waals surface area contributed by atoms with Gasteiger partial charge in [0, 0.05) is 19.2 Å². The van der Waals surface area contributed by atoms with E-state index in [-0.39, 0.29) is 22.9 Å². The molecule has 4 rings (SSSR count). The monoisotopic (exact) mass is 397 g/mol. The van der Waals surface area contributed by atoms with Crippen molar-refractivity contribution in [3.63, 3.8) is 0 Å². The van der Waals surface area contributed by atoms with Crippen molar-refractivity contribution in [1.82, 2.24) is 15.5 Å². The number of carbonyl (C=O) groups is 1. The van der Waals surface area contributed by atoms with Gasteiger partial charge in [0.15, 0.2) is 0 Å². The van der Waals surface area contributed by atoms with Crippen LogP contribution in [0, 0.1) is 5.82 Å². The lowest BCUT2D eigenvalue weighted by molar-refractivity contribution is 0.0938. The number of hydrogen-bond donors (Lipinski definition) is 1. The normalized spacial score (nSPS) is 11.1. The molecule has 1 amide bonds. The van der Waals surface area contributed by atoms with Crippen molar-refractivity contribution < 1.29 is 18.4 Å². The Morgan fingerprint density at radius 3 is 2.89 bits per heavy atom. The first-order valence-electron chi connectivity index (χ1n) is 8.55. The average molecular weight is 397 g/mol. The van der Waals surface area contributed by atoms with Gasteiger partial charge in [-0.2, -0.15) is 0 Å². The maximum absolute atomic E-state index is 14.3. The first-order valence-corrected chi connectivity index (χ1v) is 9.43. The second-order valence-electron chi connectivity index (χ2n) is 5.97. The molecular weight excluding hydrogens is 381 g/mol. The number of thiophene rings is 1. The maximum Gasteiger partial charge on any atom is 0.259 e. The molecule has 0 aliphatic rings. The molecule has 0 saturated carbocycles. The SMILES string of the molecule is COCCNC(=O)c1cc(-c2cccs2)nc2onc(-c3ccccc3F)c12. The number of carbonyl (C=O) groups excluding carboxylic acids is 1. The number of hydrogen-bond acceptors (Lipinski definition) is 6. The van der Waals surface area contributed by atoms with E-state index in [1.54, 1.807) is 31.4 Å². The number of rotatable bonds is 6. The largest absolute Gasteiger partial charge is 0.383 e. The summed E-state index contributed by atoms with van der Waals surface area (Å²) in [5.41, 5.74) is 1.59. The molecule has 0 aliphatic carbocycles. The lowest BCUT2D eigenvalue weighted by Crippen LogP contribution is -2.27. The number of nitrogens with zero attached hydrogens (tertiary/aromatic N) is 2. The van der Waals surface area contributed by atoms with Crippen LogP contribution in [-0.4, -0.2) is 36.3 Å². The van der Waals surface area contributed by atoms with Crippen molar-refractivity contribution in [2.45, 2.75) is 0 Å². The van der Waals surface area contributed by atoms with E-state index in [0.717, 1.165) is 4.88 Å². The Hall–Kier alpha value is -3.10. The molecule has 3 heterocycles. The topological polar surface area (TPSA) is 77.2 Å². The van der Waals surface area contributed by atoms with Gasteiger partial charge in [0.25, 0.3) is 11.6 Å². The Bertz CT molecular complexity index is 1130. The van der Waals surface area contributed by atoms with Crippen molar-refractivity contribution >= 4 is 28.3 Å². The highest BCUT2D eigenvalue weighted by Gasteiger charge is 2.23. The van der Waals surface area contributed by atoms with Gasteiger partial charge in [-0.25, -0.2) is 9.37 Å². The van der Waals surface area contributed by atoms with E-state index in [2.05, 4.69) is 15.5 Å². The van der Waals surface area contributed by atoms with Crippen LogP contribution in [0.15, 0.2) is 52.4 Å². The van der Waals surface area contributed by atoms with Crippen LogP contribution in [0.2, 0.25) is 0 Å². The fraction of sp³-hybridized carbons (Fsp3) is 0.150. The van der Waals surface area contributed by atoms with E-state index in [9.17, 15) is 9.18 Å². The fourth-order valence-corrected chi connectivity index (χ4v) is 3.57. The zero-order chi connectivity index (χ0) is 19.5. The fourth-order valence-electron chi connectivity index (χ4n) is 2.88. The number of ether oxygens (including phenoxy) is 1. The molecule has 1 N–H and O–H groups in total. The highest BCUT2D eigenvalue weighted by molar-refractivity contribution is 7.13. The average Bonchev–Trinajstić information content (AvgIpc) is 3.38. The minimum atomic E-state index is -0.453. The molecule has 0 saturated heterocycles. The molecule has 6 nitrogen and oxygen atoms in total. The van der Waals surface area contributed by atoms with Crippen LogP contribution in [0.1, 0.15) is 10.4 Å². The number of halogens is 1. The summed E-state index contributed by atoms with van der Waals surface area (Å²) in [6, 6.07) is 11.7. The molecule has 8 heteroatoms. The molecule has 28 heavy (non-hydrogen) atoms. The minimum absolute atomic E-state index is 0.182. The van der Waals surface area contributed by atoms with E-state index < -0.39 is 5.82 Å². The molecule has 0 fully saturated rings. The molecule has 0 spiro atoms. The maximum atomic E-state index is 14.3. The summed E-state index contributed by atoms with van der Waals surface area (Å²) >= 11 is 1.50. The molecule has 4 aromatic rings.